The van der Waals surface area contributed by atoms with Crippen molar-refractivity contribution in [2.45, 2.75) is 32.4 Å². The number of nitrogens with two attached hydrogens (primary N) is 1. The predicted octanol–water partition coefficient (Wildman–Crippen LogP) is 0.186. The topological polar surface area (TPSA) is 93.2 Å². The first-order chi connectivity index (χ1) is 8.40. The van der Waals surface area contributed by atoms with E-state index in [2.05, 4.69) is 10.4 Å². The fourth-order valence-electron chi connectivity index (χ4n) is 1.91. The lowest BCUT2D eigenvalue weighted by Crippen LogP contribution is -2.40. The molecule has 1 aliphatic rings. The number of rotatable bonds is 4. The third-order valence-corrected chi connectivity index (χ3v) is 2.87. The van der Waals surface area contributed by atoms with Crippen LogP contribution in [0, 0.1) is 0 Å². The molecule has 0 atom stereocenters. The molecule has 1 aromatic rings. The van der Waals surface area contributed by atoms with Crippen molar-refractivity contribution in [1.29, 1.82) is 0 Å². The lowest BCUT2D eigenvalue weighted by Gasteiger charge is -2.15. The summed E-state index contributed by atoms with van der Waals surface area (Å²) in [6.45, 7) is 4.39. The monoisotopic (exact) mass is 251 g/mol. The summed E-state index contributed by atoms with van der Waals surface area (Å²) in [5, 5.41) is 6.67. The molecule has 3 amide bonds. The number of anilines is 1. The van der Waals surface area contributed by atoms with Crippen molar-refractivity contribution in [1.82, 2.24) is 20.0 Å². The number of nitrogens with one attached hydrogen (secondary N) is 1. The first kappa shape index (κ1) is 12.4. The zero-order chi connectivity index (χ0) is 13.3. The summed E-state index contributed by atoms with van der Waals surface area (Å²) in [6.07, 6.45) is 2.42. The van der Waals surface area contributed by atoms with Gasteiger partial charge in [-0.25, -0.2) is 4.79 Å². The summed E-state index contributed by atoms with van der Waals surface area (Å²) in [7, 11) is 0. The van der Waals surface area contributed by atoms with Gasteiger partial charge in [0.25, 0.3) is 5.91 Å². The Morgan fingerprint density at radius 2 is 2.11 bits per heavy atom. The Balaban J connectivity index is 1.87. The standard InChI is InChI=1S/C11H17N5O2/c1-11(2)9(17)16(10(18)13-11)6-3-5-15-7-4-8(12)14-15/h4,7H,3,5-6H2,1-2H3,(H2,12,14)(H,13,18). The minimum atomic E-state index is -0.798. The number of hydrogen-bond donors (Lipinski definition) is 2. The highest BCUT2D eigenvalue weighted by molar-refractivity contribution is 6.06. The molecule has 1 aromatic heterocycles. The number of nitrogens with zero attached hydrogens (tertiary/aromatic N) is 3. The fraction of sp³-hybridized carbons (Fsp3) is 0.545. The second kappa shape index (κ2) is 4.32. The van der Waals surface area contributed by atoms with E-state index in [1.54, 1.807) is 30.8 Å². The van der Waals surface area contributed by atoms with E-state index in [0.717, 1.165) is 0 Å². The molecule has 2 heterocycles. The van der Waals surface area contributed by atoms with Crippen LogP contribution in [0.2, 0.25) is 0 Å². The minimum Gasteiger partial charge on any atom is -0.382 e. The molecule has 0 bridgehead atoms. The Kier molecular flexibility index (Phi) is 2.98. The molecule has 0 radical (unpaired) electrons. The zero-order valence-corrected chi connectivity index (χ0v) is 10.5. The molecule has 0 aromatic carbocycles. The predicted molar refractivity (Wildman–Crippen MR) is 65.6 cm³/mol. The van der Waals surface area contributed by atoms with Gasteiger partial charge in [-0.05, 0) is 26.3 Å². The molecule has 1 aliphatic heterocycles. The van der Waals surface area contributed by atoms with E-state index in [1.165, 1.54) is 4.90 Å². The van der Waals surface area contributed by atoms with Gasteiger partial charge >= 0.3 is 6.03 Å². The third-order valence-electron chi connectivity index (χ3n) is 2.87. The highest BCUT2D eigenvalue weighted by Gasteiger charge is 2.43. The molecule has 18 heavy (non-hydrogen) atoms. The molecule has 0 aliphatic carbocycles. The van der Waals surface area contributed by atoms with E-state index in [1.807, 2.05) is 0 Å². The lowest BCUT2D eigenvalue weighted by molar-refractivity contribution is -0.130. The Labute approximate surface area is 105 Å². The van der Waals surface area contributed by atoms with Crippen LogP contribution in [0.1, 0.15) is 20.3 Å². The minimum absolute atomic E-state index is 0.188. The van der Waals surface area contributed by atoms with Crippen LogP contribution in [0.15, 0.2) is 12.3 Å². The number of carbonyl (C=O) groups excluding carboxylic acids is 2. The molecule has 1 fully saturated rings. The van der Waals surface area contributed by atoms with E-state index in [9.17, 15) is 9.59 Å². The summed E-state index contributed by atoms with van der Waals surface area (Å²) in [5.74, 6) is 0.276. The van der Waals surface area contributed by atoms with Crippen LogP contribution in [0.5, 0.6) is 0 Å². The number of urea groups is 1. The number of amides is 3. The maximum Gasteiger partial charge on any atom is 0.325 e. The Morgan fingerprint density at radius 1 is 1.39 bits per heavy atom. The maximum absolute atomic E-state index is 11.9. The van der Waals surface area contributed by atoms with Gasteiger partial charge in [-0.15, -0.1) is 0 Å². The van der Waals surface area contributed by atoms with Crippen LogP contribution in [-0.4, -0.2) is 38.7 Å². The van der Waals surface area contributed by atoms with Crippen molar-refractivity contribution in [3.8, 4) is 0 Å². The average molecular weight is 251 g/mol. The Morgan fingerprint density at radius 3 is 2.61 bits per heavy atom. The molecule has 3 N–H and O–H groups in total. The van der Waals surface area contributed by atoms with Crippen LogP contribution < -0.4 is 11.1 Å². The lowest BCUT2D eigenvalue weighted by atomic mass is 10.1. The number of carbonyl (C=O) groups is 2. The van der Waals surface area contributed by atoms with Gasteiger partial charge in [0, 0.05) is 19.3 Å². The smallest absolute Gasteiger partial charge is 0.325 e. The van der Waals surface area contributed by atoms with E-state index < -0.39 is 5.54 Å². The SMILES string of the molecule is CC1(C)NC(=O)N(CCCn2ccc(N)n2)C1=O. The second-order valence-electron chi connectivity index (χ2n) is 4.87. The molecule has 1 saturated heterocycles. The number of aromatic nitrogens is 2. The van der Waals surface area contributed by atoms with Gasteiger partial charge in [-0.3, -0.25) is 14.4 Å². The molecular weight excluding hydrogens is 234 g/mol. The van der Waals surface area contributed by atoms with Crippen molar-refractivity contribution >= 4 is 17.8 Å². The number of hydrogen-bond acceptors (Lipinski definition) is 4. The quantitative estimate of drug-likeness (QED) is 0.747. The van der Waals surface area contributed by atoms with Gasteiger partial charge in [0.1, 0.15) is 11.4 Å². The molecule has 7 nitrogen and oxygen atoms in total. The summed E-state index contributed by atoms with van der Waals surface area (Å²) < 4.78 is 1.69. The Bertz CT molecular complexity index is 480. The van der Waals surface area contributed by atoms with Gasteiger partial charge in [0.05, 0.1) is 0 Å². The zero-order valence-electron chi connectivity index (χ0n) is 10.5. The van der Waals surface area contributed by atoms with Gasteiger partial charge in [-0.2, -0.15) is 5.10 Å². The van der Waals surface area contributed by atoms with Crippen molar-refractivity contribution in [2.75, 3.05) is 12.3 Å². The summed E-state index contributed by atoms with van der Waals surface area (Å²) >= 11 is 0. The fourth-order valence-corrected chi connectivity index (χ4v) is 1.91. The molecule has 0 unspecified atom stereocenters. The number of imide groups is 1. The number of nitrogen functional groups attached to an aromatic ring is 1. The summed E-state index contributed by atoms with van der Waals surface area (Å²) in [5.41, 5.74) is 4.69. The van der Waals surface area contributed by atoms with E-state index >= 15 is 0 Å². The van der Waals surface area contributed by atoms with Crippen LogP contribution in [0.4, 0.5) is 10.6 Å². The largest absolute Gasteiger partial charge is 0.382 e. The third kappa shape index (κ3) is 2.29. The van der Waals surface area contributed by atoms with Gasteiger partial charge in [0.2, 0.25) is 0 Å². The molecule has 2 rings (SSSR count). The van der Waals surface area contributed by atoms with E-state index in [4.69, 9.17) is 5.73 Å². The second-order valence-corrected chi connectivity index (χ2v) is 4.87. The summed E-state index contributed by atoms with van der Waals surface area (Å²) in [6, 6.07) is 1.38. The first-order valence-electron chi connectivity index (χ1n) is 5.83. The summed E-state index contributed by atoms with van der Waals surface area (Å²) in [4.78, 5) is 24.7. The molecule has 0 saturated carbocycles. The van der Waals surface area contributed by atoms with Gasteiger partial charge in [0.15, 0.2) is 0 Å². The average Bonchev–Trinajstić information content (AvgIpc) is 2.75. The van der Waals surface area contributed by atoms with Crippen molar-refractivity contribution < 1.29 is 9.59 Å². The van der Waals surface area contributed by atoms with Crippen LogP contribution in [0.3, 0.4) is 0 Å². The highest BCUT2D eigenvalue weighted by Crippen LogP contribution is 2.16. The number of aryl methyl sites for hydroxylation is 1. The first-order valence-corrected chi connectivity index (χ1v) is 5.83. The van der Waals surface area contributed by atoms with Crippen LogP contribution in [0.25, 0.3) is 0 Å². The molecule has 98 valence electrons. The van der Waals surface area contributed by atoms with E-state index in [-0.39, 0.29) is 11.9 Å². The molecule has 0 spiro atoms. The van der Waals surface area contributed by atoms with Crippen molar-refractivity contribution in [2.24, 2.45) is 0 Å². The molecule has 7 heteroatoms. The van der Waals surface area contributed by atoms with Crippen LogP contribution >= 0.6 is 0 Å². The van der Waals surface area contributed by atoms with Gasteiger partial charge in [-0.1, -0.05) is 0 Å². The maximum atomic E-state index is 11.9. The van der Waals surface area contributed by atoms with Crippen molar-refractivity contribution in [3.05, 3.63) is 12.3 Å². The normalized spacial score (nSPS) is 18.2. The van der Waals surface area contributed by atoms with Crippen LogP contribution in [-0.2, 0) is 11.3 Å². The van der Waals surface area contributed by atoms with E-state index in [0.29, 0.717) is 25.3 Å². The Hall–Kier alpha value is -2.05. The van der Waals surface area contributed by atoms with Gasteiger partial charge < -0.3 is 11.1 Å². The molecular formula is C11H17N5O2. The highest BCUT2D eigenvalue weighted by atomic mass is 16.2. The van der Waals surface area contributed by atoms with Crippen molar-refractivity contribution in [3.63, 3.8) is 0 Å².